The Kier molecular flexibility index (Phi) is 5.78. The van der Waals surface area contributed by atoms with Crippen LogP contribution in [0.5, 0.6) is 23.0 Å². The summed E-state index contributed by atoms with van der Waals surface area (Å²) in [6, 6.07) is 49.3. The fraction of sp³-hybridized carbons (Fsp3) is 0.0732. The fourth-order valence-electron chi connectivity index (χ4n) is 6.95. The van der Waals surface area contributed by atoms with E-state index in [0.29, 0.717) is 0 Å². The Morgan fingerprint density at radius 3 is 2.04 bits per heavy atom. The molecule has 2 heterocycles. The van der Waals surface area contributed by atoms with E-state index in [9.17, 15) is 0 Å². The Labute approximate surface area is 266 Å². The second-order valence-electron chi connectivity index (χ2n) is 12.1. The molecule has 2 aliphatic heterocycles. The first-order valence-corrected chi connectivity index (χ1v) is 16.1. The summed E-state index contributed by atoms with van der Waals surface area (Å²) in [5.41, 5.74) is 5.22. The zero-order valence-corrected chi connectivity index (χ0v) is 25.8. The summed E-state index contributed by atoms with van der Waals surface area (Å²) in [4.78, 5) is 4.56. The van der Waals surface area contributed by atoms with Gasteiger partial charge in [0.15, 0.2) is 5.75 Å². The van der Waals surface area contributed by atoms with Gasteiger partial charge in [0, 0.05) is 21.9 Å². The van der Waals surface area contributed by atoms with Crippen LogP contribution < -0.4 is 14.4 Å². The van der Waals surface area contributed by atoms with E-state index in [1.807, 2.05) is 12.1 Å². The first-order valence-electron chi connectivity index (χ1n) is 15.3. The number of hydrogen-bond donors (Lipinski definition) is 0. The molecule has 45 heavy (non-hydrogen) atoms. The Bertz CT molecular complexity index is 2310. The molecule has 7 aromatic carbocycles. The molecule has 0 amide bonds. The van der Waals surface area contributed by atoms with E-state index in [1.54, 1.807) is 11.8 Å². The molecular formula is C41H29NO2S. The Hall–Kier alpha value is -5.19. The van der Waals surface area contributed by atoms with Crippen LogP contribution in [-0.4, -0.2) is 0 Å². The van der Waals surface area contributed by atoms with Crippen molar-refractivity contribution in [1.29, 1.82) is 0 Å². The summed E-state index contributed by atoms with van der Waals surface area (Å²) in [5.74, 6) is 3.50. The first kappa shape index (κ1) is 26.2. The molecule has 0 unspecified atom stereocenters. The van der Waals surface area contributed by atoms with Gasteiger partial charge in [0.05, 0.1) is 26.9 Å². The van der Waals surface area contributed by atoms with Crippen molar-refractivity contribution >= 4 is 50.4 Å². The quantitative estimate of drug-likeness (QED) is 0.188. The Morgan fingerprint density at radius 2 is 1.16 bits per heavy atom. The number of rotatable bonds is 3. The molecule has 9 rings (SSSR count). The maximum atomic E-state index is 6.89. The molecule has 0 aromatic heterocycles. The summed E-state index contributed by atoms with van der Waals surface area (Å²) in [6.45, 7) is 4.58. The van der Waals surface area contributed by atoms with Gasteiger partial charge in [-0.3, -0.25) is 0 Å². The van der Waals surface area contributed by atoms with Crippen LogP contribution in [0, 0.1) is 0 Å². The van der Waals surface area contributed by atoms with Crippen molar-refractivity contribution in [2.24, 2.45) is 0 Å². The van der Waals surface area contributed by atoms with Crippen LogP contribution in [0.25, 0.3) is 21.5 Å². The number of ether oxygens (including phenoxy) is 2. The molecule has 0 bridgehead atoms. The van der Waals surface area contributed by atoms with Crippen molar-refractivity contribution in [3.05, 3.63) is 151 Å². The first-order chi connectivity index (χ1) is 22.1. The van der Waals surface area contributed by atoms with E-state index in [4.69, 9.17) is 9.47 Å². The molecule has 7 aromatic rings. The summed E-state index contributed by atoms with van der Waals surface area (Å²) in [7, 11) is 0. The van der Waals surface area contributed by atoms with Crippen molar-refractivity contribution in [3.63, 3.8) is 0 Å². The van der Waals surface area contributed by atoms with E-state index in [-0.39, 0.29) is 5.41 Å². The van der Waals surface area contributed by atoms with Gasteiger partial charge in [0.2, 0.25) is 0 Å². The predicted octanol–water partition coefficient (Wildman–Crippen LogP) is 12.2. The zero-order valence-electron chi connectivity index (χ0n) is 25.0. The molecule has 216 valence electrons. The highest BCUT2D eigenvalue weighted by Crippen LogP contribution is 2.58. The van der Waals surface area contributed by atoms with Crippen molar-refractivity contribution in [1.82, 2.24) is 0 Å². The summed E-state index contributed by atoms with van der Waals surface area (Å²) >= 11 is 1.75. The Morgan fingerprint density at radius 1 is 0.511 bits per heavy atom. The lowest BCUT2D eigenvalue weighted by atomic mass is 9.75. The lowest BCUT2D eigenvalue weighted by molar-refractivity contribution is 0.419. The second kappa shape index (κ2) is 9.91. The van der Waals surface area contributed by atoms with E-state index < -0.39 is 0 Å². The van der Waals surface area contributed by atoms with Gasteiger partial charge in [0.1, 0.15) is 17.2 Å². The average Bonchev–Trinajstić information content (AvgIpc) is 3.08. The van der Waals surface area contributed by atoms with E-state index in [2.05, 4.69) is 146 Å². The van der Waals surface area contributed by atoms with Crippen molar-refractivity contribution in [3.8, 4) is 23.0 Å². The monoisotopic (exact) mass is 599 g/mol. The molecule has 2 aliphatic rings. The van der Waals surface area contributed by atoms with Crippen molar-refractivity contribution in [2.75, 3.05) is 4.90 Å². The van der Waals surface area contributed by atoms with Crippen LogP contribution in [0.4, 0.5) is 17.1 Å². The van der Waals surface area contributed by atoms with Crippen LogP contribution in [-0.2, 0) is 5.41 Å². The van der Waals surface area contributed by atoms with E-state index >= 15 is 0 Å². The van der Waals surface area contributed by atoms with Crippen LogP contribution in [0.2, 0.25) is 0 Å². The molecule has 0 saturated heterocycles. The van der Waals surface area contributed by atoms with Crippen LogP contribution in [0.15, 0.2) is 149 Å². The molecular weight excluding hydrogens is 571 g/mol. The molecule has 4 heteroatoms. The summed E-state index contributed by atoms with van der Waals surface area (Å²) in [6.07, 6.45) is 0. The van der Waals surface area contributed by atoms with Gasteiger partial charge in [-0.1, -0.05) is 123 Å². The molecule has 0 fully saturated rings. The number of fused-ring (bicyclic) bond motifs is 7. The number of anilines is 3. The summed E-state index contributed by atoms with van der Waals surface area (Å²) < 4.78 is 13.4. The minimum absolute atomic E-state index is 0.246. The average molecular weight is 600 g/mol. The summed E-state index contributed by atoms with van der Waals surface area (Å²) in [5, 5.41) is 4.81. The van der Waals surface area contributed by atoms with Gasteiger partial charge in [-0.2, -0.15) is 0 Å². The van der Waals surface area contributed by atoms with Gasteiger partial charge >= 0.3 is 0 Å². The topological polar surface area (TPSA) is 21.7 Å². The maximum Gasteiger partial charge on any atom is 0.155 e. The molecule has 0 spiro atoms. The van der Waals surface area contributed by atoms with Crippen molar-refractivity contribution < 1.29 is 9.47 Å². The van der Waals surface area contributed by atoms with Crippen molar-refractivity contribution in [2.45, 2.75) is 29.1 Å². The highest BCUT2D eigenvalue weighted by atomic mass is 32.2. The number of para-hydroxylation sites is 3. The van der Waals surface area contributed by atoms with Crippen LogP contribution >= 0.6 is 11.8 Å². The van der Waals surface area contributed by atoms with Gasteiger partial charge < -0.3 is 14.4 Å². The van der Waals surface area contributed by atoms with E-state index in [1.165, 1.54) is 27.1 Å². The Balaban J connectivity index is 1.36. The van der Waals surface area contributed by atoms with Crippen LogP contribution in [0.1, 0.15) is 25.0 Å². The molecule has 0 aliphatic carbocycles. The SMILES string of the molecule is CC1(C)c2ccccc2Oc2c(N(c3cccc4c3Sc3ccccc3O4)c3cc4ccccc4c4ccccc34)cccc21. The molecule has 0 N–H and O–H groups in total. The highest BCUT2D eigenvalue weighted by Gasteiger charge is 2.37. The third kappa shape index (κ3) is 3.99. The fourth-order valence-corrected chi connectivity index (χ4v) is 8.00. The maximum absolute atomic E-state index is 6.89. The molecule has 0 saturated carbocycles. The minimum atomic E-state index is -0.246. The molecule has 0 radical (unpaired) electrons. The molecule has 3 nitrogen and oxygen atoms in total. The lowest BCUT2D eigenvalue weighted by Crippen LogP contribution is -2.25. The molecule has 0 atom stereocenters. The normalized spacial score (nSPS) is 14.0. The van der Waals surface area contributed by atoms with Gasteiger partial charge in [-0.05, 0) is 58.6 Å². The lowest BCUT2D eigenvalue weighted by Gasteiger charge is -2.38. The standard InChI is InChI=1S/C41H29NO2S/c1-41(2)30-17-7-8-21-35(30)44-39-31(41)18-11-19-32(39)42(33-20-12-23-37-40(33)45-38-24-10-9-22-36(38)43-37)34-25-26-13-3-4-14-27(26)28-15-5-6-16-29(28)34/h3-25H,1-2H3. The third-order valence-electron chi connectivity index (χ3n) is 9.15. The third-order valence-corrected chi connectivity index (χ3v) is 10.3. The highest BCUT2D eigenvalue weighted by molar-refractivity contribution is 7.99. The second-order valence-corrected chi connectivity index (χ2v) is 13.2. The van der Waals surface area contributed by atoms with Crippen LogP contribution in [0.3, 0.4) is 0 Å². The van der Waals surface area contributed by atoms with Gasteiger partial charge in [-0.15, -0.1) is 0 Å². The predicted molar refractivity (Wildman–Crippen MR) is 185 cm³/mol. The number of benzene rings is 7. The zero-order chi connectivity index (χ0) is 30.1. The van der Waals surface area contributed by atoms with Gasteiger partial charge in [-0.25, -0.2) is 0 Å². The largest absolute Gasteiger partial charge is 0.455 e. The van der Waals surface area contributed by atoms with E-state index in [0.717, 1.165) is 55.4 Å². The van der Waals surface area contributed by atoms with Gasteiger partial charge in [0.25, 0.3) is 0 Å². The number of nitrogens with zero attached hydrogens (tertiary/aromatic N) is 1. The smallest absolute Gasteiger partial charge is 0.155 e. The number of hydrogen-bond acceptors (Lipinski definition) is 4. The minimum Gasteiger partial charge on any atom is -0.455 e.